The van der Waals surface area contributed by atoms with Gasteiger partial charge >= 0.3 is 0 Å². The smallest absolute Gasteiger partial charge is 0.277 e. The van der Waals surface area contributed by atoms with Crippen LogP contribution in [0.4, 0.5) is 0 Å². The fourth-order valence-electron chi connectivity index (χ4n) is 4.02. The Kier molecular flexibility index (Phi) is 4.03. The molecular formula is C21H21N3O3S. The number of allylic oxidation sites excluding steroid dienone is 1. The Balaban J connectivity index is 1.60. The highest BCUT2D eigenvalue weighted by Gasteiger charge is 2.36. The van der Waals surface area contributed by atoms with Crippen LogP contribution in [0.1, 0.15) is 30.4 Å². The number of pyridine rings is 1. The van der Waals surface area contributed by atoms with Crippen molar-refractivity contribution < 1.29 is 13.2 Å². The molecule has 0 amide bonds. The number of para-hydroxylation sites is 1. The molecule has 0 saturated heterocycles. The van der Waals surface area contributed by atoms with Crippen LogP contribution in [-0.2, 0) is 16.4 Å². The summed E-state index contributed by atoms with van der Waals surface area (Å²) in [6.07, 6.45) is 8.34. The first-order valence-electron chi connectivity index (χ1n) is 9.44. The Hall–Kier alpha value is -2.64. The second-order valence-electron chi connectivity index (χ2n) is 7.38. The summed E-state index contributed by atoms with van der Waals surface area (Å²) in [4.78, 5) is 4.48. The van der Waals surface area contributed by atoms with Crippen molar-refractivity contribution in [3.63, 3.8) is 0 Å². The molecule has 1 aliphatic carbocycles. The van der Waals surface area contributed by atoms with Gasteiger partial charge in [0.2, 0.25) is 5.44 Å². The number of benzene rings is 1. The molecule has 1 aliphatic heterocycles. The van der Waals surface area contributed by atoms with Gasteiger partial charge in [-0.25, -0.2) is 12.4 Å². The maximum atomic E-state index is 13.4. The van der Waals surface area contributed by atoms with Gasteiger partial charge in [-0.1, -0.05) is 24.3 Å². The summed E-state index contributed by atoms with van der Waals surface area (Å²) in [7, 11) is -3.76. The molecule has 144 valence electrons. The van der Waals surface area contributed by atoms with E-state index in [9.17, 15) is 8.42 Å². The molecule has 0 fully saturated rings. The Labute approximate surface area is 163 Å². The van der Waals surface area contributed by atoms with E-state index in [0.717, 1.165) is 36.0 Å². The Bertz CT molecular complexity index is 1170. The van der Waals surface area contributed by atoms with Gasteiger partial charge in [0.25, 0.3) is 10.0 Å². The summed E-state index contributed by atoms with van der Waals surface area (Å²) in [5.74, 6) is 0.634. The number of hydrogen-bond donors (Lipinski definition) is 1. The highest BCUT2D eigenvalue weighted by molar-refractivity contribution is 7.90. The molecule has 0 saturated carbocycles. The van der Waals surface area contributed by atoms with E-state index in [0.29, 0.717) is 23.2 Å². The second kappa shape index (κ2) is 6.46. The number of rotatable bonds is 3. The van der Waals surface area contributed by atoms with Crippen molar-refractivity contribution in [2.45, 2.75) is 37.2 Å². The van der Waals surface area contributed by atoms with Crippen LogP contribution in [0.5, 0.6) is 5.75 Å². The summed E-state index contributed by atoms with van der Waals surface area (Å²) in [5, 5.41) is 0. The fraction of sp³-hybridized carbons (Fsp3) is 0.286. The second-order valence-corrected chi connectivity index (χ2v) is 9.33. The van der Waals surface area contributed by atoms with E-state index in [1.807, 2.05) is 24.3 Å². The van der Waals surface area contributed by atoms with Gasteiger partial charge in [-0.2, -0.15) is 0 Å². The van der Waals surface area contributed by atoms with Crippen LogP contribution in [0.3, 0.4) is 0 Å². The van der Waals surface area contributed by atoms with Crippen LogP contribution in [0, 0.1) is 0 Å². The first-order chi connectivity index (χ1) is 13.5. The third-order valence-corrected chi connectivity index (χ3v) is 7.32. The monoisotopic (exact) mass is 395 g/mol. The summed E-state index contributed by atoms with van der Waals surface area (Å²) in [6, 6.07) is 11.2. The van der Waals surface area contributed by atoms with Crippen LogP contribution in [-0.4, -0.2) is 28.9 Å². The van der Waals surface area contributed by atoms with E-state index in [-0.39, 0.29) is 6.04 Å². The fourth-order valence-corrected chi connectivity index (χ4v) is 5.56. The first-order valence-corrected chi connectivity index (χ1v) is 10.9. The minimum Gasteiger partial charge on any atom is -0.472 e. The standard InChI is InChI=1S/C21H21N3O3S/c22-16-9-7-14(8-10-16)17-13-24(18-5-3-11-23-21(17)18)28(25,26)20-12-15-4-1-2-6-19(15)27-20/h1-7,11,13,16,20H,8-10,12,22H2. The Morgan fingerprint density at radius 2 is 2.04 bits per heavy atom. The lowest BCUT2D eigenvalue weighted by Crippen LogP contribution is -2.30. The largest absolute Gasteiger partial charge is 0.472 e. The van der Waals surface area contributed by atoms with Crippen molar-refractivity contribution in [3.8, 4) is 5.75 Å². The van der Waals surface area contributed by atoms with Crippen LogP contribution in [0.2, 0.25) is 0 Å². The zero-order chi connectivity index (χ0) is 19.3. The predicted octanol–water partition coefficient (Wildman–Crippen LogP) is 3.07. The van der Waals surface area contributed by atoms with Crippen molar-refractivity contribution in [2.75, 3.05) is 0 Å². The van der Waals surface area contributed by atoms with Gasteiger partial charge in [-0.05, 0) is 48.6 Å². The molecule has 6 nitrogen and oxygen atoms in total. The normalized spacial score (nSPS) is 22.0. The van der Waals surface area contributed by atoms with Crippen molar-refractivity contribution in [3.05, 3.63) is 66.0 Å². The zero-order valence-electron chi connectivity index (χ0n) is 15.3. The van der Waals surface area contributed by atoms with Gasteiger partial charge < -0.3 is 10.5 Å². The van der Waals surface area contributed by atoms with Crippen molar-refractivity contribution in [2.24, 2.45) is 5.73 Å². The number of fused-ring (bicyclic) bond motifs is 2. The average molecular weight is 395 g/mol. The van der Waals surface area contributed by atoms with Crippen LogP contribution < -0.4 is 10.5 Å². The molecule has 1 aromatic carbocycles. The summed E-state index contributed by atoms with van der Waals surface area (Å²) < 4.78 is 34.0. The SMILES string of the molecule is NC1CC=C(c2cn(S(=O)(=O)C3Cc4ccccc4O3)c3cccnc23)CC1. The van der Waals surface area contributed by atoms with Crippen molar-refractivity contribution >= 4 is 26.6 Å². The molecule has 3 heterocycles. The Morgan fingerprint density at radius 1 is 1.18 bits per heavy atom. The maximum absolute atomic E-state index is 13.4. The third-order valence-electron chi connectivity index (χ3n) is 5.55. The molecule has 3 aromatic rings. The van der Waals surface area contributed by atoms with E-state index < -0.39 is 15.5 Å². The van der Waals surface area contributed by atoms with Crippen molar-refractivity contribution in [1.82, 2.24) is 8.96 Å². The Morgan fingerprint density at radius 3 is 2.82 bits per heavy atom. The molecule has 2 N–H and O–H groups in total. The molecule has 0 bridgehead atoms. The van der Waals surface area contributed by atoms with E-state index in [2.05, 4.69) is 11.1 Å². The van der Waals surface area contributed by atoms with Crippen LogP contribution in [0.25, 0.3) is 16.6 Å². The quantitative estimate of drug-likeness (QED) is 0.736. The van der Waals surface area contributed by atoms with E-state index in [1.54, 1.807) is 24.5 Å². The van der Waals surface area contributed by atoms with Gasteiger partial charge in [0.15, 0.2) is 0 Å². The number of hydrogen-bond acceptors (Lipinski definition) is 5. The highest BCUT2D eigenvalue weighted by Crippen LogP contribution is 2.36. The molecule has 0 radical (unpaired) electrons. The maximum Gasteiger partial charge on any atom is 0.277 e. The van der Waals surface area contributed by atoms with Crippen LogP contribution in [0.15, 0.2) is 54.9 Å². The number of nitrogens with two attached hydrogens (primary N) is 1. The van der Waals surface area contributed by atoms with Crippen molar-refractivity contribution in [1.29, 1.82) is 0 Å². The molecule has 2 unspecified atom stereocenters. The van der Waals surface area contributed by atoms with Gasteiger partial charge in [-0.3, -0.25) is 4.98 Å². The average Bonchev–Trinajstić information content (AvgIpc) is 3.31. The van der Waals surface area contributed by atoms with Gasteiger partial charge in [0.1, 0.15) is 5.75 Å². The van der Waals surface area contributed by atoms with E-state index in [1.165, 1.54) is 3.97 Å². The first kappa shape index (κ1) is 17.5. The summed E-state index contributed by atoms with van der Waals surface area (Å²) >= 11 is 0. The minimum absolute atomic E-state index is 0.166. The zero-order valence-corrected chi connectivity index (χ0v) is 16.1. The van der Waals surface area contributed by atoms with Crippen LogP contribution >= 0.6 is 0 Å². The minimum atomic E-state index is -3.76. The predicted molar refractivity (Wildman–Crippen MR) is 108 cm³/mol. The molecule has 2 aromatic heterocycles. The summed E-state index contributed by atoms with van der Waals surface area (Å²) in [5.41, 5.74) is 9.22. The molecular weight excluding hydrogens is 374 g/mol. The number of aromatic nitrogens is 2. The summed E-state index contributed by atoms with van der Waals surface area (Å²) in [6.45, 7) is 0. The number of ether oxygens (including phenoxy) is 1. The molecule has 0 spiro atoms. The molecule has 7 heteroatoms. The third kappa shape index (κ3) is 2.73. The van der Waals surface area contributed by atoms with Gasteiger partial charge in [0.05, 0.1) is 11.0 Å². The molecule has 2 atom stereocenters. The molecule has 5 rings (SSSR count). The highest BCUT2D eigenvalue weighted by atomic mass is 32.2. The van der Waals surface area contributed by atoms with E-state index in [4.69, 9.17) is 10.5 Å². The number of nitrogens with zero attached hydrogens (tertiary/aromatic N) is 2. The lowest BCUT2D eigenvalue weighted by molar-refractivity contribution is 0.304. The molecule has 28 heavy (non-hydrogen) atoms. The van der Waals surface area contributed by atoms with Gasteiger partial charge in [0, 0.05) is 30.4 Å². The lowest BCUT2D eigenvalue weighted by atomic mass is 9.92. The lowest BCUT2D eigenvalue weighted by Gasteiger charge is -2.17. The molecule has 2 aliphatic rings. The van der Waals surface area contributed by atoms with Gasteiger partial charge in [-0.15, -0.1) is 0 Å². The van der Waals surface area contributed by atoms with E-state index >= 15 is 0 Å². The topological polar surface area (TPSA) is 87.2 Å².